The van der Waals surface area contributed by atoms with Crippen molar-refractivity contribution in [3.8, 4) is 0 Å². The highest BCUT2D eigenvalue weighted by Gasteiger charge is 2.02. The SMILES string of the molecule is [CH2]CCCOC(C)c1ccccc1. The topological polar surface area (TPSA) is 9.23 Å². The third-order valence-corrected chi connectivity index (χ3v) is 2.03. The number of ether oxygens (including phenoxy) is 1. The molecule has 0 aromatic heterocycles. The van der Waals surface area contributed by atoms with Gasteiger partial charge in [0.05, 0.1) is 6.10 Å². The van der Waals surface area contributed by atoms with Crippen LogP contribution in [0.25, 0.3) is 0 Å². The molecule has 1 heteroatoms. The molecule has 0 bridgehead atoms. The summed E-state index contributed by atoms with van der Waals surface area (Å²) in [5.74, 6) is 0. The lowest BCUT2D eigenvalue weighted by Crippen LogP contribution is -2.00. The summed E-state index contributed by atoms with van der Waals surface area (Å²) >= 11 is 0. The van der Waals surface area contributed by atoms with Gasteiger partial charge in [0.15, 0.2) is 0 Å². The second kappa shape index (κ2) is 5.76. The molecule has 0 aliphatic carbocycles. The van der Waals surface area contributed by atoms with Gasteiger partial charge in [0, 0.05) is 6.61 Å². The van der Waals surface area contributed by atoms with Crippen molar-refractivity contribution in [3.05, 3.63) is 42.8 Å². The van der Waals surface area contributed by atoms with E-state index < -0.39 is 0 Å². The first-order chi connectivity index (χ1) is 6.34. The minimum atomic E-state index is 0.202. The molecular weight excluding hydrogens is 160 g/mol. The van der Waals surface area contributed by atoms with Crippen LogP contribution in [0.15, 0.2) is 30.3 Å². The maximum atomic E-state index is 5.63. The zero-order valence-electron chi connectivity index (χ0n) is 8.20. The van der Waals surface area contributed by atoms with Crippen LogP contribution in [0, 0.1) is 6.92 Å². The Morgan fingerprint density at radius 2 is 2.00 bits per heavy atom. The second-order valence-corrected chi connectivity index (χ2v) is 3.13. The van der Waals surface area contributed by atoms with Crippen LogP contribution >= 0.6 is 0 Å². The third kappa shape index (κ3) is 3.60. The number of hydrogen-bond acceptors (Lipinski definition) is 1. The molecule has 0 amide bonds. The fraction of sp³-hybridized carbons (Fsp3) is 0.417. The fourth-order valence-electron chi connectivity index (χ4n) is 1.18. The Labute approximate surface area is 80.7 Å². The highest BCUT2D eigenvalue weighted by Crippen LogP contribution is 2.15. The van der Waals surface area contributed by atoms with E-state index in [9.17, 15) is 0 Å². The number of unbranched alkanes of at least 4 members (excludes halogenated alkanes) is 1. The van der Waals surface area contributed by atoms with Crippen LogP contribution in [0.5, 0.6) is 0 Å². The van der Waals surface area contributed by atoms with E-state index in [0.29, 0.717) is 0 Å². The van der Waals surface area contributed by atoms with Gasteiger partial charge >= 0.3 is 0 Å². The monoisotopic (exact) mass is 177 g/mol. The molecule has 1 nitrogen and oxygen atoms in total. The number of rotatable bonds is 5. The first-order valence-corrected chi connectivity index (χ1v) is 4.80. The summed E-state index contributed by atoms with van der Waals surface area (Å²) in [5.41, 5.74) is 1.24. The van der Waals surface area contributed by atoms with Crippen molar-refractivity contribution < 1.29 is 4.74 Å². The molecule has 1 aromatic rings. The molecule has 0 fully saturated rings. The van der Waals surface area contributed by atoms with Crippen molar-refractivity contribution in [2.75, 3.05) is 6.61 Å². The molecule has 1 rings (SSSR count). The Hall–Kier alpha value is -0.820. The van der Waals surface area contributed by atoms with Gasteiger partial charge < -0.3 is 4.74 Å². The van der Waals surface area contributed by atoms with Crippen molar-refractivity contribution in [2.24, 2.45) is 0 Å². The van der Waals surface area contributed by atoms with Gasteiger partial charge in [-0.15, -0.1) is 0 Å². The van der Waals surface area contributed by atoms with E-state index in [-0.39, 0.29) is 6.10 Å². The lowest BCUT2D eigenvalue weighted by atomic mass is 10.1. The predicted molar refractivity (Wildman–Crippen MR) is 55.4 cm³/mol. The van der Waals surface area contributed by atoms with Gasteiger partial charge in [-0.3, -0.25) is 0 Å². The first-order valence-electron chi connectivity index (χ1n) is 4.80. The molecule has 0 aliphatic rings. The largest absolute Gasteiger partial charge is 0.374 e. The van der Waals surface area contributed by atoms with E-state index in [4.69, 9.17) is 4.74 Å². The van der Waals surface area contributed by atoms with Crippen molar-refractivity contribution in [3.63, 3.8) is 0 Å². The third-order valence-electron chi connectivity index (χ3n) is 2.03. The molecule has 0 spiro atoms. The maximum absolute atomic E-state index is 5.63. The average molecular weight is 177 g/mol. The minimum Gasteiger partial charge on any atom is -0.374 e. The number of hydrogen-bond donors (Lipinski definition) is 0. The van der Waals surface area contributed by atoms with Crippen LogP contribution in [-0.4, -0.2) is 6.61 Å². The molecule has 0 saturated carbocycles. The molecule has 0 saturated heterocycles. The Kier molecular flexibility index (Phi) is 4.55. The highest BCUT2D eigenvalue weighted by molar-refractivity contribution is 5.16. The summed E-state index contributed by atoms with van der Waals surface area (Å²) < 4.78 is 5.63. The summed E-state index contributed by atoms with van der Waals surface area (Å²) in [6, 6.07) is 10.3. The molecule has 1 unspecified atom stereocenters. The van der Waals surface area contributed by atoms with E-state index in [1.54, 1.807) is 0 Å². The van der Waals surface area contributed by atoms with Crippen LogP contribution in [-0.2, 0) is 4.74 Å². The lowest BCUT2D eigenvalue weighted by molar-refractivity contribution is 0.0644. The van der Waals surface area contributed by atoms with E-state index in [1.807, 2.05) is 18.2 Å². The zero-order chi connectivity index (χ0) is 9.52. The molecule has 13 heavy (non-hydrogen) atoms. The maximum Gasteiger partial charge on any atom is 0.0796 e. The van der Waals surface area contributed by atoms with Crippen LogP contribution in [0.2, 0.25) is 0 Å². The van der Waals surface area contributed by atoms with Crippen LogP contribution in [0.1, 0.15) is 31.4 Å². The normalized spacial score (nSPS) is 12.8. The van der Waals surface area contributed by atoms with Gasteiger partial charge in [-0.25, -0.2) is 0 Å². The predicted octanol–water partition coefficient (Wildman–Crippen LogP) is 3.38. The first kappa shape index (κ1) is 10.3. The summed E-state index contributed by atoms with van der Waals surface area (Å²) in [5, 5.41) is 0. The average Bonchev–Trinajstić information content (AvgIpc) is 2.19. The smallest absolute Gasteiger partial charge is 0.0796 e. The molecule has 1 aromatic carbocycles. The quantitative estimate of drug-likeness (QED) is 0.626. The summed E-state index contributed by atoms with van der Waals surface area (Å²) in [6.45, 7) is 6.66. The van der Waals surface area contributed by atoms with E-state index in [1.165, 1.54) is 5.56 Å². The lowest BCUT2D eigenvalue weighted by Gasteiger charge is -2.12. The Balaban J connectivity index is 2.35. The molecule has 0 aliphatic heterocycles. The summed E-state index contributed by atoms with van der Waals surface area (Å²) in [7, 11) is 0. The molecule has 71 valence electrons. The van der Waals surface area contributed by atoms with Crippen molar-refractivity contribution in [1.82, 2.24) is 0 Å². The van der Waals surface area contributed by atoms with Gasteiger partial charge in [-0.1, -0.05) is 43.7 Å². The standard InChI is InChI=1S/C12H17O/c1-3-4-10-13-11(2)12-8-6-5-7-9-12/h5-9,11H,1,3-4,10H2,2H3. The highest BCUT2D eigenvalue weighted by atomic mass is 16.5. The van der Waals surface area contributed by atoms with E-state index in [2.05, 4.69) is 26.0 Å². The molecular formula is C12H17O. The van der Waals surface area contributed by atoms with Gasteiger partial charge in [-0.05, 0) is 18.9 Å². The molecule has 0 heterocycles. The second-order valence-electron chi connectivity index (χ2n) is 3.13. The van der Waals surface area contributed by atoms with Crippen molar-refractivity contribution in [1.29, 1.82) is 0 Å². The molecule has 1 radical (unpaired) electrons. The minimum absolute atomic E-state index is 0.202. The van der Waals surface area contributed by atoms with Gasteiger partial charge in [-0.2, -0.15) is 0 Å². The van der Waals surface area contributed by atoms with Gasteiger partial charge in [0.1, 0.15) is 0 Å². The Morgan fingerprint density at radius 3 is 2.62 bits per heavy atom. The summed E-state index contributed by atoms with van der Waals surface area (Å²) in [4.78, 5) is 0. The van der Waals surface area contributed by atoms with Crippen molar-refractivity contribution in [2.45, 2.75) is 25.9 Å². The summed E-state index contributed by atoms with van der Waals surface area (Å²) in [6.07, 6.45) is 2.19. The molecule has 1 atom stereocenters. The van der Waals surface area contributed by atoms with Crippen LogP contribution in [0.4, 0.5) is 0 Å². The van der Waals surface area contributed by atoms with E-state index in [0.717, 1.165) is 19.4 Å². The van der Waals surface area contributed by atoms with Gasteiger partial charge in [0.25, 0.3) is 0 Å². The fourth-order valence-corrected chi connectivity index (χ4v) is 1.18. The van der Waals surface area contributed by atoms with Crippen LogP contribution in [0.3, 0.4) is 0 Å². The Morgan fingerprint density at radius 1 is 1.31 bits per heavy atom. The van der Waals surface area contributed by atoms with E-state index >= 15 is 0 Å². The zero-order valence-corrected chi connectivity index (χ0v) is 8.20. The van der Waals surface area contributed by atoms with Crippen LogP contribution < -0.4 is 0 Å². The molecule has 0 N–H and O–H groups in total. The van der Waals surface area contributed by atoms with Crippen molar-refractivity contribution >= 4 is 0 Å². The Bertz CT molecular complexity index is 218. The number of benzene rings is 1. The van der Waals surface area contributed by atoms with Gasteiger partial charge in [0.2, 0.25) is 0 Å².